The van der Waals surface area contributed by atoms with E-state index in [4.69, 9.17) is 4.98 Å². The third kappa shape index (κ3) is 3.23. The number of aromatic amines is 1. The van der Waals surface area contributed by atoms with Crippen molar-refractivity contribution in [1.29, 1.82) is 0 Å². The van der Waals surface area contributed by atoms with Gasteiger partial charge in [0.15, 0.2) is 0 Å². The quantitative estimate of drug-likeness (QED) is 0.795. The molecule has 7 heteroatoms. The zero-order valence-corrected chi connectivity index (χ0v) is 14.0. The van der Waals surface area contributed by atoms with Gasteiger partial charge in [0.2, 0.25) is 5.95 Å². The summed E-state index contributed by atoms with van der Waals surface area (Å²) in [5, 5.41) is 0. The van der Waals surface area contributed by atoms with Gasteiger partial charge in [0.05, 0.1) is 11.3 Å². The zero-order chi connectivity index (χ0) is 17.2. The van der Waals surface area contributed by atoms with E-state index in [9.17, 15) is 4.39 Å². The number of halogens is 1. The number of H-pyrrole nitrogens is 1. The minimum atomic E-state index is -0.267. The molecule has 0 spiro atoms. The average molecular weight is 338 g/mol. The standard InChI is InChI=1S/C18H19FN6/c1-24-8-10-25(11-9-24)18-22-12-15(17-20-6-7-21-17)16(23-18)13-2-4-14(19)5-3-13/h2-7,12H,8-11H2,1H3,(H,20,21). The van der Waals surface area contributed by atoms with Crippen LogP contribution in [0.5, 0.6) is 0 Å². The molecule has 6 nitrogen and oxygen atoms in total. The number of nitrogens with one attached hydrogen (secondary N) is 1. The molecule has 0 unspecified atom stereocenters. The fourth-order valence-electron chi connectivity index (χ4n) is 2.95. The monoisotopic (exact) mass is 338 g/mol. The molecule has 1 fully saturated rings. The van der Waals surface area contributed by atoms with Gasteiger partial charge in [0.25, 0.3) is 0 Å². The number of rotatable bonds is 3. The highest BCUT2D eigenvalue weighted by Gasteiger charge is 2.19. The molecular weight excluding hydrogens is 319 g/mol. The van der Waals surface area contributed by atoms with Crippen molar-refractivity contribution in [3.05, 3.63) is 48.7 Å². The molecule has 2 aromatic heterocycles. The molecule has 3 aromatic rings. The summed E-state index contributed by atoms with van der Waals surface area (Å²) < 4.78 is 13.3. The van der Waals surface area contributed by atoms with Crippen LogP contribution in [0.2, 0.25) is 0 Å². The van der Waals surface area contributed by atoms with E-state index in [0.717, 1.165) is 43.0 Å². The largest absolute Gasteiger partial charge is 0.345 e. The Balaban J connectivity index is 1.77. The summed E-state index contributed by atoms with van der Waals surface area (Å²) in [6.07, 6.45) is 5.24. The lowest BCUT2D eigenvalue weighted by atomic mass is 10.1. The molecule has 25 heavy (non-hydrogen) atoms. The summed E-state index contributed by atoms with van der Waals surface area (Å²) >= 11 is 0. The van der Waals surface area contributed by atoms with E-state index < -0.39 is 0 Å². The van der Waals surface area contributed by atoms with Crippen LogP contribution in [0, 0.1) is 5.82 Å². The minimum absolute atomic E-state index is 0.267. The molecule has 3 heterocycles. The van der Waals surface area contributed by atoms with Crippen LogP contribution in [-0.4, -0.2) is 58.1 Å². The second-order valence-electron chi connectivity index (χ2n) is 6.17. The normalized spacial score (nSPS) is 15.5. The molecule has 0 bridgehead atoms. The van der Waals surface area contributed by atoms with E-state index in [1.54, 1.807) is 30.7 Å². The lowest BCUT2D eigenvalue weighted by Crippen LogP contribution is -2.45. The van der Waals surface area contributed by atoms with Crippen LogP contribution >= 0.6 is 0 Å². The lowest BCUT2D eigenvalue weighted by molar-refractivity contribution is 0.311. The van der Waals surface area contributed by atoms with Gasteiger partial charge in [-0.1, -0.05) is 0 Å². The summed E-state index contributed by atoms with van der Waals surface area (Å²) in [6.45, 7) is 3.74. The predicted molar refractivity (Wildman–Crippen MR) is 94.7 cm³/mol. The Labute approximate surface area is 145 Å². The molecule has 1 aromatic carbocycles. The van der Waals surface area contributed by atoms with Crippen LogP contribution in [0.1, 0.15) is 0 Å². The van der Waals surface area contributed by atoms with Crippen molar-refractivity contribution in [2.24, 2.45) is 0 Å². The molecule has 0 atom stereocenters. The Kier molecular flexibility index (Phi) is 4.15. The third-order valence-corrected chi connectivity index (χ3v) is 4.43. The molecule has 0 aliphatic carbocycles. The van der Waals surface area contributed by atoms with Gasteiger partial charge in [-0.3, -0.25) is 0 Å². The first-order valence-electron chi connectivity index (χ1n) is 8.27. The van der Waals surface area contributed by atoms with Gasteiger partial charge in [-0.05, 0) is 31.3 Å². The smallest absolute Gasteiger partial charge is 0.225 e. The molecule has 4 rings (SSSR count). The van der Waals surface area contributed by atoms with Crippen LogP contribution in [0.25, 0.3) is 22.6 Å². The first-order chi connectivity index (χ1) is 12.2. The molecule has 0 amide bonds. The van der Waals surface area contributed by atoms with Crippen molar-refractivity contribution in [3.8, 4) is 22.6 Å². The summed E-state index contributed by atoms with van der Waals surface area (Å²) in [7, 11) is 2.11. The van der Waals surface area contributed by atoms with Gasteiger partial charge in [-0.15, -0.1) is 0 Å². The van der Waals surface area contributed by atoms with Crippen molar-refractivity contribution in [2.45, 2.75) is 0 Å². The van der Waals surface area contributed by atoms with E-state index in [-0.39, 0.29) is 5.82 Å². The number of hydrogen-bond acceptors (Lipinski definition) is 5. The number of anilines is 1. The highest BCUT2D eigenvalue weighted by atomic mass is 19.1. The van der Waals surface area contributed by atoms with E-state index in [0.29, 0.717) is 11.8 Å². The van der Waals surface area contributed by atoms with Gasteiger partial charge in [-0.25, -0.2) is 19.3 Å². The Morgan fingerprint density at radius 1 is 1.04 bits per heavy atom. The number of hydrogen-bond donors (Lipinski definition) is 1. The van der Waals surface area contributed by atoms with E-state index in [1.807, 2.05) is 0 Å². The fraction of sp³-hybridized carbons (Fsp3) is 0.278. The number of piperazine rings is 1. The highest BCUT2D eigenvalue weighted by molar-refractivity contribution is 5.77. The van der Waals surface area contributed by atoms with Crippen LogP contribution < -0.4 is 4.90 Å². The van der Waals surface area contributed by atoms with Gasteiger partial charge in [-0.2, -0.15) is 0 Å². The van der Waals surface area contributed by atoms with Crippen LogP contribution in [0.15, 0.2) is 42.9 Å². The van der Waals surface area contributed by atoms with Gasteiger partial charge >= 0.3 is 0 Å². The summed E-state index contributed by atoms with van der Waals surface area (Å²) in [6, 6.07) is 6.35. The summed E-state index contributed by atoms with van der Waals surface area (Å²) in [4.78, 5) is 21.2. The number of aromatic nitrogens is 4. The van der Waals surface area contributed by atoms with E-state index >= 15 is 0 Å². The predicted octanol–water partition coefficient (Wildman–Crippen LogP) is 2.42. The zero-order valence-electron chi connectivity index (χ0n) is 14.0. The maximum absolute atomic E-state index is 13.3. The Morgan fingerprint density at radius 2 is 1.80 bits per heavy atom. The lowest BCUT2D eigenvalue weighted by Gasteiger charge is -2.32. The maximum Gasteiger partial charge on any atom is 0.225 e. The molecule has 1 N–H and O–H groups in total. The maximum atomic E-state index is 13.3. The molecule has 128 valence electrons. The van der Waals surface area contributed by atoms with E-state index in [2.05, 4.69) is 31.8 Å². The Bertz CT molecular complexity index is 839. The number of benzene rings is 1. The van der Waals surface area contributed by atoms with E-state index in [1.165, 1.54) is 12.1 Å². The third-order valence-electron chi connectivity index (χ3n) is 4.43. The summed E-state index contributed by atoms with van der Waals surface area (Å²) in [5.41, 5.74) is 2.39. The van der Waals surface area contributed by atoms with Crippen LogP contribution in [0.4, 0.5) is 10.3 Å². The highest BCUT2D eigenvalue weighted by Crippen LogP contribution is 2.29. The first kappa shape index (κ1) is 15.7. The Morgan fingerprint density at radius 3 is 2.48 bits per heavy atom. The second kappa shape index (κ2) is 6.60. The number of nitrogens with zero attached hydrogens (tertiary/aromatic N) is 5. The SMILES string of the molecule is CN1CCN(c2ncc(-c3ncc[nH]3)c(-c3ccc(F)cc3)n2)CC1. The first-order valence-corrected chi connectivity index (χ1v) is 8.27. The van der Waals surface area contributed by atoms with Crippen molar-refractivity contribution >= 4 is 5.95 Å². The molecular formula is C18H19FN6. The van der Waals surface area contributed by atoms with Gasteiger partial charge in [0, 0.05) is 50.3 Å². The molecule has 1 aliphatic rings. The molecule has 0 radical (unpaired) electrons. The average Bonchev–Trinajstić information content (AvgIpc) is 3.17. The minimum Gasteiger partial charge on any atom is -0.345 e. The van der Waals surface area contributed by atoms with Gasteiger partial charge < -0.3 is 14.8 Å². The van der Waals surface area contributed by atoms with Crippen LogP contribution in [0.3, 0.4) is 0 Å². The summed E-state index contributed by atoms with van der Waals surface area (Å²) in [5.74, 6) is 1.13. The van der Waals surface area contributed by atoms with Crippen molar-refractivity contribution < 1.29 is 4.39 Å². The van der Waals surface area contributed by atoms with Gasteiger partial charge in [0.1, 0.15) is 11.6 Å². The molecule has 1 aliphatic heterocycles. The molecule has 1 saturated heterocycles. The molecule has 0 saturated carbocycles. The second-order valence-corrected chi connectivity index (χ2v) is 6.17. The van der Waals surface area contributed by atoms with Crippen molar-refractivity contribution in [1.82, 2.24) is 24.8 Å². The van der Waals surface area contributed by atoms with Crippen LogP contribution in [-0.2, 0) is 0 Å². The topological polar surface area (TPSA) is 60.9 Å². The number of imidazole rings is 1. The Hall–Kier alpha value is -2.80. The van der Waals surface area contributed by atoms with Crippen molar-refractivity contribution in [3.63, 3.8) is 0 Å². The number of likely N-dealkylation sites (N-methyl/N-ethyl adjacent to an activating group) is 1. The fourth-order valence-corrected chi connectivity index (χ4v) is 2.95. The van der Waals surface area contributed by atoms with Crippen molar-refractivity contribution in [2.75, 3.05) is 38.1 Å².